The van der Waals surface area contributed by atoms with Gasteiger partial charge in [-0.25, -0.2) is 4.39 Å². The van der Waals surface area contributed by atoms with Gasteiger partial charge in [0.05, 0.1) is 0 Å². The van der Waals surface area contributed by atoms with Crippen molar-refractivity contribution in [1.82, 2.24) is 10.2 Å². The van der Waals surface area contributed by atoms with E-state index in [0.29, 0.717) is 6.42 Å². The first-order valence-corrected chi connectivity index (χ1v) is 9.01. The van der Waals surface area contributed by atoms with E-state index in [0.717, 1.165) is 37.1 Å². The number of nitrogens with one attached hydrogen (secondary N) is 1. The lowest BCUT2D eigenvalue weighted by Gasteiger charge is -2.24. The lowest BCUT2D eigenvalue weighted by molar-refractivity contribution is -0.135. The second kappa shape index (κ2) is 8.61. The van der Waals surface area contributed by atoms with Gasteiger partial charge in [-0.2, -0.15) is 0 Å². The molecule has 2 aromatic carbocycles. The van der Waals surface area contributed by atoms with Crippen LogP contribution in [-0.2, 0) is 16.0 Å². The fraction of sp³-hybridized carbons (Fsp3) is 0.333. The molecule has 26 heavy (non-hydrogen) atoms. The molecule has 1 saturated heterocycles. The standard InChI is InChI=1S/C21H23FN2O2/c22-18-10-6-7-16(15-18)11-12-19(25)23-20(17-8-2-1-3-9-17)21(26)24-13-4-5-14-24/h1-3,6-10,15,20H,4-5,11-14H2,(H,23,25). The van der Waals surface area contributed by atoms with E-state index in [1.54, 1.807) is 12.1 Å². The molecule has 1 atom stereocenters. The van der Waals surface area contributed by atoms with Crippen LogP contribution in [0.5, 0.6) is 0 Å². The van der Waals surface area contributed by atoms with Crippen molar-refractivity contribution in [2.75, 3.05) is 13.1 Å². The van der Waals surface area contributed by atoms with Crippen LogP contribution in [0.15, 0.2) is 54.6 Å². The summed E-state index contributed by atoms with van der Waals surface area (Å²) in [6.45, 7) is 1.47. The SMILES string of the molecule is O=C(CCc1cccc(F)c1)NC(C(=O)N1CCCC1)c1ccccc1. The normalized spacial score (nSPS) is 14.9. The Hall–Kier alpha value is -2.69. The monoisotopic (exact) mass is 354 g/mol. The number of carbonyl (C=O) groups excluding carboxylic acids is 2. The molecule has 136 valence electrons. The van der Waals surface area contributed by atoms with Gasteiger partial charge >= 0.3 is 0 Å². The number of benzene rings is 2. The van der Waals surface area contributed by atoms with Crippen LogP contribution in [0.3, 0.4) is 0 Å². The molecule has 4 nitrogen and oxygen atoms in total. The largest absolute Gasteiger partial charge is 0.341 e. The minimum absolute atomic E-state index is 0.0622. The smallest absolute Gasteiger partial charge is 0.249 e. The van der Waals surface area contributed by atoms with Gasteiger partial charge in [-0.15, -0.1) is 0 Å². The summed E-state index contributed by atoms with van der Waals surface area (Å²) in [4.78, 5) is 27.1. The third-order valence-corrected chi connectivity index (χ3v) is 4.63. The van der Waals surface area contributed by atoms with E-state index < -0.39 is 6.04 Å². The van der Waals surface area contributed by atoms with Crippen LogP contribution in [0.4, 0.5) is 4.39 Å². The number of nitrogens with zero attached hydrogens (tertiary/aromatic N) is 1. The van der Waals surface area contributed by atoms with Crippen molar-refractivity contribution < 1.29 is 14.0 Å². The summed E-state index contributed by atoms with van der Waals surface area (Å²) in [5.74, 6) is -0.585. The molecule has 1 unspecified atom stereocenters. The second-order valence-electron chi connectivity index (χ2n) is 6.57. The molecule has 0 aliphatic carbocycles. The number of hydrogen-bond donors (Lipinski definition) is 1. The molecule has 1 aliphatic heterocycles. The minimum Gasteiger partial charge on any atom is -0.341 e. The number of likely N-dealkylation sites (tertiary alicyclic amines) is 1. The maximum absolute atomic E-state index is 13.3. The molecule has 0 radical (unpaired) electrons. The molecular weight excluding hydrogens is 331 g/mol. The van der Waals surface area contributed by atoms with Crippen LogP contribution in [0.2, 0.25) is 0 Å². The molecule has 3 rings (SSSR count). The Bertz CT molecular complexity index is 758. The maximum Gasteiger partial charge on any atom is 0.249 e. The van der Waals surface area contributed by atoms with E-state index in [9.17, 15) is 14.0 Å². The van der Waals surface area contributed by atoms with Crippen LogP contribution in [0.25, 0.3) is 0 Å². The topological polar surface area (TPSA) is 49.4 Å². The van der Waals surface area contributed by atoms with Crippen LogP contribution in [0.1, 0.15) is 36.4 Å². The highest BCUT2D eigenvalue weighted by Crippen LogP contribution is 2.19. The highest BCUT2D eigenvalue weighted by molar-refractivity contribution is 5.88. The Labute approximate surface area is 153 Å². The maximum atomic E-state index is 13.3. The molecule has 0 saturated carbocycles. The average molecular weight is 354 g/mol. The van der Waals surface area contributed by atoms with E-state index in [-0.39, 0.29) is 24.1 Å². The quantitative estimate of drug-likeness (QED) is 0.866. The fourth-order valence-corrected chi connectivity index (χ4v) is 3.24. The van der Waals surface area contributed by atoms with Crippen LogP contribution < -0.4 is 5.32 Å². The van der Waals surface area contributed by atoms with Gasteiger partial charge in [0, 0.05) is 19.5 Å². The fourth-order valence-electron chi connectivity index (χ4n) is 3.24. The zero-order chi connectivity index (χ0) is 18.4. The van der Waals surface area contributed by atoms with Gasteiger partial charge in [0.1, 0.15) is 11.9 Å². The Balaban J connectivity index is 1.66. The molecule has 1 N–H and O–H groups in total. The molecule has 1 aliphatic rings. The molecule has 0 bridgehead atoms. The average Bonchev–Trinajstić information content (AvgIpc) is 3.19. The molecule has 1 fully saturated rings. The van der Waals surface area contributed by atoms with Gasteiger partial charge in [-0.1, -0.05) is 42.5 Å². The lowest BCUT2D eigenvalue weighted by Crippen LogP contribution is -2.41. The summed E-state index contributed by atoms with van der Waals surface area (Å²) < 4.78 is 13.3. The highest BCUT2D eigenvalue weighted by Gasteiger charge is 2.28. The molecule has 2 aromatic rings. The Morgan fingerprint density at radius 3 is 2.46 bits per heavy atom. The van der Waals surface area contributed by atoms with E-state index >= 15 is 0 Å². The van der Waals surface area contributed by atoms with Gasteiger partial charge in [-0.3, -0.25) is 9.59 Å². The van der Waals surface area contributed by atoms with Gasteiger partial charge in [0.2, 0.25) is 11.8 Å². The Morgan fingerprint density at radius 2 is 1.77 bits per heavy atom. The number of halogens is 1. The molecular formula is C21H23FN2O2. The third-order valence-electron chi connectivity index (χ3n) is 4.63. The van der Waals surface area contributed by atoms with Crippen molar-refractivity contribution in [2.24, 2.45) is 0 Å². The van der Waals surface area contributed by atoms with Gasteiger partial charge in [0.15, 0.2) is 0 Å². The van der Waals surface area contributed by atoms with E-state index in [1.165, 1.54) is 12.1 Å². The molecule has 0 spiro atoms. The van der Waals surface area contributed by atoms with Crippen molar-refractivity contribution in [2.45, 2.75) is 31.7 Å². The van der Waals surface area contributed by atoms with E-state index in [4.69, 9.17) is 0 Å². The summed E-state index contributed by atoms with van der Waals surface area (Å²) in [5.41, 5.74) is 1.55. The summed E-state index contributed by atoms with van der Waals surface area (Å²) in [6.07, 6.45) is 2.64. The van der Waals surface area contributed by atoms with Crippen LogP contribution in [0, 0.1) is 5.82 Å². The first-order valence-electron chi connectivity index (χ1n) is 9.01. The summed E-state index contributed by atoms with van der Waals surface area (Å²) in [5, 5.41) is 2.87. The number of carbonyl (C=O) groups is 2. The van der Waals surface area contributed by atoms with Crippen LogP contribution >= 0.6 is 0 Å². The molecule has 2 amide bonds. The Morgan fingerprint density at radius 1 is 1.04 bits per heavy atom. The highest BCUT2D eigenvalue weighted by atomic mass is 19.1. The predicted molar refractivity (Wildman–Crippen MR) is 97.9 cm³/mol. The van der Waals surface area contributed by atoms with Crippen molar-refractivity contribution in [3.05, 3.63) is 71.5 Å². The second-order valence-corrected chi connectivity index (χ2v) is 6.57. The molecule has 1 heterocycles. The lowest BCUT2D eigenvalue weighted by atomic mass is 10.0. The number of hydrogen-bond acceptors (Lipinski definition) is 2. The predicted octanol–water partition coefficient (Wildman–Crippen LogP) is 3.24. The van der Waals surface area contributed by atoms with Crippen molar-refractivity contribution in [3.8, 4) is 0 Å². The van der Waals surface area contributed by atoms with Gasteiger partial charge in [0.25, 0.3) is 0 Å². The first kappa shape index (κ1) is 18.1. The zero-order valence-electron chi connectivity index (χ0n) is 14.7. The summed E-state index contributed by atoms with van der Waals surface area (Å²) in [7, 11) is 0. The third kappa shape index (κ3) is 4.69. The van der Waals surface area contributed by atoms with Crippen molar-refractivity contribution in [3.63, 3.8) is 0 Å². The molecule has 0 aromatic heterocycles. The number of rotatable bonds is 6. The number of aryl methyl sites for hydroxylation is 1. The Kier molecular flexibility index (Phi) is 6.00. The zero-order valence-corrected chi connectivity index (χ0v) is 14.7. The van der Waals surface area contributed by atoms with Crippen LogP contribution in [-0.4, -0.2) is 29.8 Å². The molecule has 5 heteroatoms. The van der Waals surface area contributed by atoms with Gasteiger partial charge in [-0.05, 0) is 42.5 Å². The van der Waals surface area contributed by atoms with E-state index in [2.05, 4.69) is 5.32 Å². The van der Waals surface area contributed by atoms with Gasteiger partial charge < -0.3 is 10.2 Å². The summed E-state index contributed by atoms with van der Waals surface area (Å²) in [6, 6.07) is 14.9. The minimum atomic E-state index is -0.672. The van der Waals surface area contributed by atoms with E-state index in [1.807, 2.05) is 35.2 Å². The summed E-state index contributed by atoms with van der Waals surface area (Å²) >= 11 is 0. The number of amides is 2. The first-order chi connectivity index (χ1) is 12.6. The van der Waals surface area contributed by atoms with Crippen molar-refractivity contribution in [1.29, 1.82) is 0 Å². The van der Waals surface area contributed by atoms with Crippen molar-refractivity contribution >= 4 is 11.8 Å².